The highest BCUT2D eigenvalue weighted by atomic mass is 32.2. The summed E-state index contributed by atoms with van der Waals surface area (Å²) in [5.74, 6) is 4.76. The lowest BCUT2D eigenvalue weighted by Gasteiger charge is -2.35. The van der Waals surface area contributed by atoms with Crippen molar-refractivity contribution in [3.63, 3.8) is 0 Å². The van der Waals surface area contributed by atoms with Gasteiger partial charge in [0.25, 0.3) is 10.1 Å². The third-order valence-corrected chi connectivity index (χ3v) is 7.08. The Hall–Kier alpha value is -0.0900. The van der Waals surface area contributed by atoms with E-state index < -0.39 is 10.1 Å². The number of hydrogen-bond donors (Lipinski definition) is 1. The third-order valence-electron chi connectivity index (χ3n) is 6.23. The Morgan fingerprint density at radius 3 is 2.47 bits per heavy atom. The highest BCUT2D eigenvalue weighted by Crippen LogP contribution is 2.65. The van der Waals surface area contributed by atoms with Gasteiger partial charge in [0.05, 0.1) is 5.75 Å². The molecule has 0 heterocycles. The van der Waals surface area contributed by atoms with E-state index in [-0.39, 0.29) is 11.7 Å². The van der Waals surface area contributed by atoms with Crippen LogP contribution in [0.2, 0.25) is 0 Å². The molecule has 0 aromatic carbocycles. The van der Waals surface area contributed by atoms with Crippen LogP contribution in [0.25, 0.3) is 0 Å². The average molecular weight is 286 g/mol. The molecule has 3 saturated carbocycles. The first-order valence-corrected chi connectivity index (χ1v) is 9.46. The van der Waals surface area contributed by atoms with E-state index in [0.717, 1.165) is 36.0 Å². The Bertz CT molecular complexity index is 444. The van der Waals surface area contributed by atoms with E-state index in [2.05, 4.69) is 13.8 Å². The average Bonchev–Trinajstić information content (AvgIpc) is 2.89. The lowest BCUT2D eigenvalue weighted by atomic mass is 9.71. The van der Waals surface area contributed by atoms with Crippen LogP contribution >= 0.6 is 0 Å². The Morgan fingerprint density at radius 2 is 1.84 bits per heavy atom. The molecule has 4 heteroatoms. The molecule has 3 nitrogen and oxygen atoms in total. The van der Waals surface area contributed by atoms with E-state index in [4.69, 9.17) is 4.55 Å². The van der Waals surface area contributed by atoms with Crippen LogP contribution in [0, 0.1) is 41.4 Å². The molecule has 7 unspecified atom stereocenters. The summed E-state index contributed by atoms with van der Waals surface area (Å²) in [7, 11) is -3.80. The fourth-order valence-corrected chi connectivity index (χ4v) is 6.95. The zero-order chi connectivity index (χ0) is 13.8. The molecule has 7 atom stereocenters. The molecule has 3 rings (SSSR count). The Kier molecular flexibility index (Phi) is 3.45. The minimum Gasteiger partial charge on any atom is -0.286 e. The molecular weight excluding hydrogens is 260 g/mol. The van der Waals surface area contributed by atoms with Gasteiger partial charge in [0.15, 0.2) is 0 Å². The van der Waals surface area contributed by atoms with Gasteiger partial charge < -0.3 is 0 Å². The molecular formula is C15H26O3S. The topological polar surface area (TPSA) is 54.4 Å². The van der Waals surface area contributed by atoms with E-state index in [1.807, 2.05) is 0 Å². The number of hydrogen-bond acceptors (Lipinski definition) is 2. The van der Waals surface area contributed by atoms with E-state index in [0.29, 0.717) is 5.92 Å². The summed E-state index contributed by atoms with van der Waals surface area (Å²) < 4.78 is 31.5. The maximum absolute atomic E-state index is 11.2. The van der Waals surface area contributed by atoms with Crippen molar-refractivity contribution in [3.8, 4) is 0 Å². The Morgan fingerprint density at radius 1 is 1.11 bits per heavy atom. The second-order valence-corrected chi connectivity index (χ2v) is 8.82. The smallest absolute Gasteiger partial charge is 0.265 e. The van der Waals surface area contributed by atoms with Gasteiger partial charge in [-0.1, -0.05) is 26.7 Å². The van der Waals surface area contributed by atoms with Gasteiger partial charge in [0.1, 0.15) is 0 Å². The van der Waals surface area contributed by atoms with Crippen LogP contribution in [-0.2, 0) is 10.1 Å². The van der Waals surface area contributed by atoms with Gasteiger partial charge in [-0.3, -0.25) is 4.55 Å². The Labute approximate surface area is 116 Å². The molecule has 3 aliphatic rings. The normalized spacial score (nSPS) is 48.7. The summed E-state index contributed by atoms with van der Waals surface area (Å²) in [6.07, 6.45) is 6.14. The summed E-state index contributed by atoms with van der Waals surface area (Å²) in [4.78, 5) is 0. The van der Waals surface area contributed by atoms with Gasteiger partial charge in [-0.25, -0.2) is 0 Å². The predicted molar refractivity (Wildman–Crippen MR) is 75.3 cm³/mol. The molecule has 2 bridgehead atoms. The first-order valence-electron chi connectivity index (χ1n) is 7.86. The first kappa shape index (κ1) is 13.9. The summed E-state index contributed by atoms with van der Waals surface area (Å²) in [5, 5.41) is 0. The fraction of sp³-hybridized carbons (Fsp3) is 1.00. The second-order valence-electron chi connectivity index (χ2n) is 7.32. The van der Waals surface area contributed by atoms with Crippen molar-refractivity contribution in [1.82, 2.24) is 0 Å². The van der Waals surface area contributed by atoms with Crippen LogP contribution in [0.15, 0.2) is 0 Å². The molecule has 3 fully saturated rings. The van der Waals surface area contributed by atoms with Crippen LogP contribution < -0.4 is 0 Å². The Balaban J connectivity index is 1.78. The second kappa shape index (κ2) is 4.73. The molecule has 0 radical (unpaired) electrons. The highest BCUT2D eigenvalue weighted by Gasteiger charge is 2.59. The fourth-order valence-electron chi connectivity index (χ4n) is 6.03. The highest BCUT2D eigenvalue weighted by molar-refractivity contribution is 7.85. The van der Waals surface area contributed by atoms with Crippen molar-refractivity contribution in [3.05, 3.63) is 0 Å². The standard InChI is InChI=1S/C15H26O3S/c1-3-4-10-5-9(2)14-11-6-12(8-19(16,17)18)13(7-11)15(10)14/h9-15H,3-8H2,1-2H3,(H,16,17,18). The van der Waals surface area contributed by atoms with Crippen molar-refractivity contribution >= 4 is 10.1 Å². The zero-order valence-electron chi connectivity index (χ0n) is 12.0. The van der Waals surface area contributed by atoms with Crippen molar-refractivity contribution in [2.75, 3.05) is 5.75 Å². The largest absolute Gasteiger partial charge is 0.286 e. The van der Waals surface area contributed by atoms with Crippen molar-refractivity contribution < 1.29 is 13.0 Å². The van der Waals surface area contributed by atoms with Crippen molar-refractivity contribution in [1.29, 1.82) is 0 Å². The molecule has 0 amide bonds. The third kappa shape index (κ3) is 2.35. The molecule has 0 saturated heterocycles. The van der Waals surface area contributed by atoms with Gasteiger partial charge >= 0.3 is 0 Å². The van der Waals surface area contributed by atoms with Crippen LogP contribution in [0.3, 0.4) is 0 Å². The van der Waals surface area contributed by atoms with Crippen LogP contribution in [0.1, 0.15) is 46.0 Å². The van der Waals surface area contributed by atoms with Gasteiger partial charge in [-0.15, -0.1) is 0 Å². The van der Waals surface area contributed by atoms with Crippen molar-refractivity contribution in [2.24, 2.45) is 41.4 Å². The van der Waals surface area contributed by atoms with E-state index in [1.165, 1.54) is 25.7 Å². The van der Waals surface area contributed by atoms with E-state index in [1.54, 1.807) is 0 Å². The summed E-state index contributed by atoms with van der Waals surface area (Å²) >= 11 is 0. The minimum atomic E-state index is -3.80. The van der Waals surface area contributed by atoms with Crippen molar-refractivity contribution in [2.45, 2.75) is 46.0 Å². The number of rotatable bonds is 4. The molecule has 0 aliphatic heterocycles. The zero-order valence-corrected chi connectivity index (χ0v) is 12.8. The molecule has 19 heavy (non-hydrogen) atoms. The molecule has 110 valence electrons. The summed E-state index contributed by atoms with van der Waals surface area (Å²) in [6, 6.07) is 0. The quantitative estimate of drug-likeness (QED) is 0.807. The van der Waals surface area contributed by atoms with Gasteiger partial charge in [-0.2, -0.15) is 8.42 Å². The monoisotopic (exact) mass is 286 g/mol. The van der Waals surface area contributed by atoms with Gasteiger partial charge in [0.2, 0.25) is 0 Å². The van der Waals surface area contributed by atoms with Gasteiger partial charge in [0, 0.05) is 0 Å². The SMILES string of the molecule is CCCC1CC(C)C2C3CC(CS(=O)(=O)O)C(C3)C12. The minimum absolute atomic E-state index is 0.00458. The summed E-state index contributed by atoms with van der Waals surface area (Å²) in [5.41, 5.74) is 0. The molecule has 0 aromatic heterocycles. The molecule has 0 spiro atoms. The first-order chi connectivity index (χ1) is 8.90. The molecule has 0 aromatic rings. The lowest BCUT2D eigenvalue weighted by molar-refractivity contribution is 0.145. The van der Waals surface area contributed by atoms with E-state index in [9.17, 15) is 8.42 Å². The van der Waals surface area contributed by atoms with Crippen LogP contribution in [0.4, 0.5) is 0 Å². The maximum atomic E-state index is 11.2. The number of fused-ring (bicyclic) bond motifs is 5. The van der Waals surface area contributed by atoms with Crippen LogP contribution in [-0.4, -0.2) is 18.7 Å². The molecule has 1 N–H and O–H groups in total. The maximum Gasteiger partial charge on any atom is 0.265 e. The predicted octanol–water partition coefficient (Wildman–Crippen LogP) is 3.22. The van der Waals surface area contributed by atoms with Gasteiger partial charge in [-0.05, 0) is 60.7 Å². The van der Waals surface area contributed by atoms with Crippen LogP contribution in [0.5, 0.6) is 0 Å². The van der Waals surface area contributed by atoms with E-state index >= 15 is 0 Å². The lowest BCUT2D eigenvalue weighted by Crippen LogP contribution is -2.33. The molecule has 3 aliphatic carbocycles. The summed E-state index contributed by atoms with van der Waals surface area (Å²) in [6.45, 7) is 4.65.